The van der Waals surface area contributed by atoms with E-state index in [9.17, 15) is 4.21 Å². The first-order chi connectivity index (χ1) is 9.19. The van der Waals surface area contributed by atoms with Crippen molar-refractivity contribution in [3.63, 3.8) is 0 Å². The topological polar surface area (TPSA) is 63.6 Å². The number of halogens is 1. The second-order valence-electron chi connectivity index (χ2n) is 3.95. The molecule has 0 saturated heterocycles. The summed E-state index contributed by atoms with van der Waals surface area (Å²) in [5.41, 5.74) is 1.53. The standard InChI is InChI=1S/C12H11ClN4OS/c1-2-19(18)11-7-10-9(6-8(11)13)15-12(16-10)17-5-3-4-14-17/h3-7H,2H2,1H3,(H,15,16). The summed E-state index contributed by atoms with van der Waals surface area (Å²) in [6.45, 7) is 1.86. The number of nitrogens with zero attached hydrogens (tertiary/aromatic N) is 3. The van der Waals surface area contributed by atoms with Crippen molar-refractivity contribution in [2.24, 2.45) is 0 Å². The molecule has 0 spiro atoms. The quantitative estimate of drug-likeness (QED) is 0.807. The van der Waals surface area contributed by atoms with Gasteiger partial charge in [-0.3, -0.25) is 4.21 Å². The molecule has 0 amide bonds. The highest BCUT2D eigenvalue weighted by atomic mass is 35.5. The fourth-order valence-corrected chi connectivity index (χ4v) is 3.08. The minimum atomic E-state index is -1.09. The van der Waals surface area contributed by atoms with Crippen LogP contribution < -0.4 is 0 Å². The summed E-state index contributed by atoms with van der Waals surface area (Å²) in [6.07, 6.45) is 3.47. The number of aromatic nitrogens is 4. The number of hydrogen-bond donors (Lipinski definition) is 1. The van der Waals surface area contributed by atoms with Crippen LogP contribution in [-0.2, 0) is 10.8 Å². The number of fused-ring (bicyclic) bond motifs is 1. The van der Waals surface area contributed by atoms with Gasteiger partial charge < -0.3 is 4.98 Å². The van der Waals surface area contributed by atoms with Crippen molar-refractivity contribution in [1.29, 1.82) is 0 Å². The Morgan fingerprint density at radius 3 is 3.00 bits per heavy atom. The van der Waals surface area contributed by atoms with Crippen molar-refractivity contribution >= 4 is 33.4 Å². The van der Waals surface area contributed by atoms with Crippen LogP contribution in [0.5, 0.6) is 0 Å². The van der Waals surface area contributed by atoms with Crippen LogP contribution in [0, 0.1) is 0 Å². The van der Waals surface area contributed by atoms with Crippen LogP contribution in [0.1, 0.15) is 6.92 Å². The van der Waals surface area contributed by atoms with Gasteiger partial charge in [0.1, 0.15) is 0 Å². The minimum absolute atomic E-state index is 0.478. The molecule has 0 fully saturated rings. The molecule has 1 atom stereocenters. The van der Waals surface area contributed by atoms with Crippen molar-refractivity contribution in [3.05, 3.63) is 35.6 Å². The van der Waals surface area contributed by atoms with Gasteiger partial charge in [-0.05, 0) is 18.2 Å². The molecule has 3 aromatic rings. The normalized spacial score (nSPS) is 12.9. The zero-order valence-electron chi connectivity index (χ0n) is 10.1. The largest absolute Gasteiger partial charge is 0.322 e. The molecular formula is C12H11ClN4OS. The monoisotopic (exact) mass is 294 g/mol. The van der Waals surface area contributed by atoms with Crippen molar-refractivity contribution in [3.8, 4) is 5.95 Å². The zero-order valence-corrected chi connectivity index (χ0v) is 11.7. The number of hydrogen-bond acceptors (Lipinski definition) is 3. The van der Waals surface area contributed by atoms with Crippen molar-refractivity contribution in [1.82, 2.24) is 19.7 Å². The summed E-state index contributed by atoms with van der Waals surface area (Å²) in [7, 11) is -1.09. The van der Waals surface area contributed by atoms with E-state index in [1.54, 1.807) is 29.2 Å². The summed E-state index contributed by atoms with van der Waals surface area (Å²) in [6, 6.07) is 5.33. The molecule has 0 aliphatic heterocycles. The predicted molar refractivity (Wildman–Crippen MR) is 75.2 cm³/mol. The number of imidazole rings is 1. The first-order valence-electron chi connectivity index (χ1n) is 5.76. The van der Waals surface area contributed by atoms with E-state index in [0.29, 0.717) is 21.6 Å². The van der Waals surface area contributed by atoms with Gasteiger partial charge in [-0.2, -0.15) is 5.10 Å². The molecule has 2 heterocycles. The smallest absolute Gasteiger partial charge is 0.229 e. The van der Waals surface area contributed by atoms with Gasteiger partial charge in [0.2, 0.25) is 5.95 Å². The third-order valence-corrected chi connectivity index (χ3v) is 4.53. The molecule has 5 nitrogen and oxygen atoms in total. The van der Waals surface area contributed by atoms with Crippen LogP contribution in [0.15, 0.2) is 35.5 Å². The van der Waals surface area contributed by atoms with Crippen LogP contribution in [0.25, 0.3) is 17.0 Å². The zero-order chi connectivity index (χ0) is 13.4. The summed E-state index contributed by atoms with van der Waals surface area (Å²) in [4.78, 5) is 8.18. The van der Waals surface area contributed by atoms with Gasteiger partial charge in [0.25, 0.3) is 0 Å². The molecule has 0 radical (unpaired) electrons. The highest BCUT2D eigenvalue weighted by Crippen LogP contribution is 2.26. The van der Waals surface area contributed by atoms with E-state index in [1.165, 1.54) is 0 Å². The number of rotatable bonds is 3. The lowest BCUT2D eigenvalue weighted by molar-refractivity contribution is 0.684. The molecule has 1 aromatic carbocycles. The highest BCUT2D eigenvalue weighted by Gasteiger charge is 2.12. The number of nitrogens with one attached hydrogen (secondary N) is 1. The van der Waals surface area contributed by atoms with Gasteiger partial charge in [-0.15, -0.1) is 0 Å². The van der Waals surface area contributed by atoms with Gasteiger partial charge in [0.15, 0.2) is 0 Å². The maximum atomic E-state index is 11.9. The van der Waals surface area contributed by atoms with Gasteiger partial charge in [0.05, 0.1) is 31.8 Å². The molecule has 1 unspecified atom stereocenters. The molecule has 3 rings (SSSR count). The Bertz CT molecular complexity index is 751. The lowest BCUT2D eigenvalue weighted by Crippen LogP contribution is -1.95. The van der Waals surface area contributed by atoms with Gasteiger partial charge in [-0.1, -0.05) is 18.5 Å². The predicted octanol–water partition coefficient (Wildman–Crippen LogP) is 2.53. The van der Waals surface area contributed by atoms with E-state index in [1.807, 2.05) is 13.0 Å². The van der Waals surface area contributed by atoms with E-state index in [4.69, 9.17) is 11.6 Å². The SMILES string of the molecule is CCS(=O)c1cc2[nH]c(-n3cccn3)nc2cc1Cl. The van der Waals surface area contributed by atoms with E-state index < -0.39 is 10.8 Å². The second-order valence-corrected chi connectivity index (χ2v) is 6.06. The lowest BCUT2D eigenvalue weighted by atomic mass is 10.3. The Kier molecular flexibility index (Phi) is 3.12. The van der Waals surface area contributed by atoms with E-state index in [2.05, 4.69) is 15.1 Å². The molecule has 0 bridgehead atoms. The first-order valence-corrected chi connectivity index (χ1v) is 7.46. The van der Waals surface area contributed by atoms with E-state index >= 15 is 0 Å². The minimum Gasteiger partial charge on any atom is -0.322 e. The summed E-state index contributed by atoms with van der Waals surface area (Å²) in [5.74, 6) is 1.14. The summed E-state index contributed by atoms with van der Waals surface area (Å²) >= 11 is 6.14. The molecule has 0 aliphatic rings. The number of benzene rings is 1. The van der Waals surface area contributed by atoms with Crippen LogP contribution >= 0.6 is 11.6 Å². The molecule has 2 aromatic heterocycles. The average Bonchev–Trinajstić information content (AvgIpc) is 3.04. The van der Waals surface area contributed by atoms with Crippen LogP contribution in [0.4, 0.5) is 0 Å². The highest BCUT2D eigenvalue weighted by molar-refractivity contribution is 7.85. The molecule has 7 heteroatoms. The Morgan fingerprint density at radius 2 is 2.32 bits per heavy atom. The maximum absolute atomic E-state index is 11.9. The third-order valence-electron chi connectivity index (χ3n) is 2.75. The third kappa shape index (κ3) is 2.17. The molecule has 98 valence electrons. The van der Waals surface area contributed by atoms with Gasteiger partial charge in [-0.25, -0.2) is 9.67 Å². The fourth-order valence-electron chi connectivity index (χ4n) is 1.83. The number of aromatic amines is 1. The molecule has 0 saturated carbocycles. The van der Waals surface area contributed by atoms with Crippen LogP contribution in [0.2, 0.25) is 5.02 Å². The Labute approximate surface area is 117 Å². The van der Waals surface area contributed by atoms with Crippen molar-refractivity contribution in [2.75, 3.05) is 5.75 Å². The fraction of sp³-hybridized carbons (Fsp3) is 0.167. The summed E-state index contributed by atoms with van der Waals surface area (Å²) < 4.78 is 13.5. The molecular weight excluding hydrogens is 284 g/mol. The Balaban J connectivity index is 2.16. The molecule has 0 aliphatic carbocycles. The number of H-pyrrole nitrogens is 1. The van der Waals surface area contributed by atoms with Crippen LogP contribution in [0.3, 0.4) is 0 Å². The summed E-state index contributed by atoms with van der Waals surface area (Å²) in [5, 5.41) is 4.59. The molecule has 19 heavy (non-hydrogen) atoms. The molecule has 1 N–H and O–H groups in total. The van der Waals surface area contributed by atoms with E-state index in [-0.39, 0.29) is 0 Å². The van der Waals surface area contributed by atoms with Crippen molar-refractivity contribution < 1.29 is 4.21 Å². The lowest BCUT2D eigenvalue weighted by Gasteiger charge is -2.01. The first kappa shape index (κ1) is 12.4. The van der Waals surface area contributed by atoms with Gasteiger partial charge >= 0.3 is 0 Å². The average molecular weight is 295 g/mol. The van der Waals surface area contributed by atoms with Crippen molar-refractivity contribution in [2.45, 2.75) is 11.8 Å². The maximum Gasteiger partial charge on any atom is 0.229 e. The van der Waals surface area contributed by atoms with Gasteiger partial charge in [0, 0.05) is 18.1 Å². The Hall–Kier alpha value is -1.66. The van der Waals surface area contributed by atoms with E-state index in [0.717, 1.165) is 11.0 Å². The Morgan fingerprint density at radius 1 is 1.47 bits per heavy atom. The second kappa shape index (κ2) is 4.79. The van der Waals surface area contributed by atoms with Crippen LogP contribution in [-0.4, -0.2) is 29.7 Å².